The second-order valence-corrected chi connectivity index (χ2v) is 11.3. The van der Waals surface area contributed by atoms with E-state index in [0.29, 0.717) is 17.6 Å². The molecule has 174 valence electrons. The summed E-state index contributed by atoms with van der Waals surface area (Å²) in [5.74, 6) is 1.21. The van der Waals surface area contributed by atoms with Gasteiger partial charge in [0, 0.05) is 12.0 Å². The van der Waals surface area contributed by atoms with Gasteiger partial charge < -0.3 is 0 Å². The Morgan fingerprint density at radius 2 is 1.70 bits per heavy atom. The number of aryl methyl sites for hydroxylation is 2. The molecule has 0 N–H and O–H groups in total. The van der Waals surface area contributed by atoms with Crippen LogP contribution >= 0.6 is 0 Å². The van der Waals surface area contributed by atoms with Crippen LogP contribution in [-0.2, 0) is 18.3 Å². The minimum atomic E-state index is 0.327. The van der Waals surface area contributed by atoms with Crippen LogP contribution in [-0.4, -0.2) is 5.78 Å². The predicted octanol–water partition coefficient (Wildman–Crippen LogP) is 9.10. The highest BCUT2D eigenvalue weighted by molar-refractivity contribution is 6.15. The first-order chi connectivity index (χ1) is 16.0. The molecule has 2 aliphatic carbocycles. The zero-order chi connectivity index (χ0) is 23.0. The van der Waals surface area contributed by atoms with Crippen molar-refractivity contribution in [2.24, 2.45) is 5.92 Å². The second kappa shape index (κ2) is 9.24. The lowest BCUT2D eigenvalue weighted by Crippen LogP contribution is -2.00. The summed E-state index contributed by atoms with van der Waals surface area (Å²) in [4.78, 5) is 12.5. The van der Waals surface area contributed by atoms with Crippen LogP contribution in [0.25, 0.3) is 21.5 Å². The van der Waals surface area contributed by atoms with E-state index >= 15 is 0 Å². The van der Waals surface area contributed by atoms with Crippen molar-refractivity contribution in [1.82, 2.24) is 0 Å². The minimum Gasteiger partial charge on any atom is -0.294 e. The lowest BCUT2D eigenvalue weighted by atomic mass is 9.87. The largest absolute Gasteiger partial charge is 0.294 e. The van der Waals surface area contributed by atoms with Gasteiger partial charge in [-0.2, -0.15) is 0 Å². The van der Waals surface area contributed by atoms with Gasteiger partial charge in [0.1, 0.15) is 0 Å². The number of hydrogen-bond donors (Lipinski definition) is 0. The Hall–Kier alpha value is -2.15. The normalized spacial score (nSPS) is 17.6. The highest BCUT2D eigenvalue weighted by Gasteiger charge is 2.39. The molecule has 3 aromatic carbocycles. The molecule has 5 rings (SSSR count). The molecule has 0 saturated heterocycles. The number of unbranched alkanes of at least 4 members (excludes halogenated alkanes) is 4. The lowest BCUT2D eigenvalue weighted by Gasteiger charge is -2.16. The summed E-state index contributed by atoms with van der Waals surface area (Å²) in [5.41, 5.74) is 5.60. The van der Waals surface area contributed by atoms with E-state index < -0.39 is 0 Å². The van der Waals surface area contributed by atoms with Crippen molar-refractivity contribution in [3.8, 4) is 0 Å². The molecule has 1 fully saturated rings. The zero-order valence-electron chi connectivity index (χ0n) is 20.9. The Morgan fingerprint density at radius 3 is 2.48 bits per heavy atom. The summed E-state index contributed by atoms with van der Waals surface area (Å²) in [6, 6.07) is 14.0. The highest BCUT2D eigenvalue weighted by Crippen LogP contribution is 2.49. The van der Waals surface area contributed by atoms with Crippen molar-refractivity contribution in [3.63, 3.8) is 0 Å². The maximum absolute atomic E-state index is 12.5. The number of carbonyl (C=O) groups excluding carboxylic acids is 1. The van der Waals surface area contributed by atoms with Crippen LogP contribution in [0.15, 0.2) is 36.4 Å². The van der Waals surface area contributed by atoms with Crippen molar-refractivity contribution in [3.05, 3.63) is 58.7 Å². The third-order valence-corrected chi connectivity index (χ3v) is 8.75. The summed E-state index contributed by atoms with van der Waals surface area (Å²) < 4.78 is 0. The van der Waals surface area contributed by atoms with Gasteiger partial charge in [-0.05, 0) is 87.7 Å². The molecule has 1 heteroatoms. The van der Waals surface area contributed by atoms with E-state index in [1.807, 2.05) is 0 Å². The number of ketones is 1. The van der Waals surface area contributed by atoms with Gasteiger partial charge in [-0.1, -0.05) is 89.6 Å². The third-order valence-electron chi connectivity index (χ3n) is 8.75. The van der Waals surface area contributed by atoms with Crippen molar-refractivity contribution >= 4 is 27.3 Å². The molecule has 0 spiro atoms. The van der Waals surface area contributed by atoms with Crippen LogP contribution in [0.2, 0.25) is 0 Å². The Kier molecular flexibility index (Phi) is 6.34. The molecule has 0 bridgehead atoms. The first-order valence-corrected chi connectivity index (χ1v) is 13.5. The van der Waals surface area contributed by atoms with Crippen LogP contribution < -0.4 is 0 Å². The monoisotopic (exact) mass is 440 g/mol. The number of carbonyl (C=O) groups is 1. The van der Waals surface area contributed by atoms with E-state index in [1.54, 1.807) is 0 Å². The van der Waals surface area contributed by atoms with Crippen molar-refractivity contribution < 1.29 is 4.79 Å². The van der Waals surface area contributed by atoms with Crippen molar-refractivity contribution in [2.45, 2.75) is 103 Å². The molecule has 0 aliphatic heterocycles. The molecule has 1 saturated carbocycles. The smallest absolute Gasteiger partial charge is 0.163 e. The van der Waals surface area contributed by atoms with Gasteiger partial charge in [-0.25, -0.2) is 0 Å². The maximum atomic E-state index is 12.5. The molecular weight excluding hydrogens is 400 g/mol. The number of fused-ring (bicyclic) bond motifs is 5. The first kappa shape index (κ1) is 22.6. The highest BCUT2D eigenvalue weighted by atomic mass is 16.1. The Balaban J connectivity index is 1.41. The van der Waals surface area contributed by atoms with Gasteiger partial charge >= 0.3 is 0 Å². The Morgan fingerprint density at radius 1 is 0.909 bits per heavy atom. The quantitative estimate of drug-likeness (QED) is 0.227. The standard InChI is InChI=1S/C32H40O/c1-4-22(2)10-8-6-5-7-9-11-23-20-24-12-13-25(32(3)18-19-32)21-29(24)31-26(23)14-15-27-28(31)16-17-30(27)33/h12-15,20-22H,4-11,16-19H2,1-3H3. The first-order valence-electron chi connectivity index (χ1n) is 13.5. The number of hydrogen-bond acceptors (Lipinski definition) is 1. The van der Waals surface area contributed by atoms with E-state index in [1.165, 1.54) is 96.0 Å². The van der Waals surface area contributed by atoms with Gasteiger partial charge in [0.2, 0.25) is 0 Å². The fourth-order valence-electron chi connectivity index (χ4n) is 5.88. The maximum Gasteiger partial charge on any atom is 0.163 e. The topological polar surface area (TPSA) is 17.1 Å². The van der Waals surface area contributed by atoms with Gasteiger partial charge in [-0.15, -0.1) is 0 Å². The zero-order valence-corrected chi connectivity index (χ0v) is 20.9. The lowest BCUT2D eigenvalue weighted by molar-refractivity contribution is 0.0994. The Labute approximate surface area is 200 Å². The van der Waals surface area contributed by atoms with E-state index in [9.17, 15) is 4.79 Å². The van der Waals surface area contributed by atoms with Crippen LogP contribution in [0, 0.1) is 5.92 Å². The molecule has 0 heterocycles. The molecule has 3 aromatic rings. The molecule has 1 atom stereocenters. The summed E-state index contributed by atoms with van der Waals surface area (Å²) in [7, 11) is 0. The van der Waals surface area contributed by atoms with E-state index in [4.69, 9.17) is 0 Å². The van der Waals surface area contributed by atoms with E-state index in [-0.39, 0.29) is 0 Å². The molecule has 0 aromatic heterocycles. The summed E-state index contributed by atoms with van der Waals surface area (Å²) in [5, 5.41) is 5.50. The molecule has 1 unspecified atom stereocenters. The van der Waals surface area contributed by atoms with Gasteiger partial charge in [0.15, 0.2) is 5.78 Å². The van der Waals surface area contributed by atoms with Crippen molar-refractivity contribution in [2.75, 3.05) is 0 Å². The fourth-order valence-corrected chi connectivity index (χ4v) is 5.88. The van der Waals surface area contributed by atoms with E-state index in [2.05, 4.69) is 57.2 Å². The third kappa shape index (κ3) is 4.48. The SMILES string of the molecule is CCC(C)CCCCCCCc1cc2ccc(C3(C)CC3)cc2c2c3c(ccc12)C(=O)CC3. The number of rotatable bonds is 10. The Bertz CT molecular complexity index is 1180. The van der Waals surface area contributed by atoms with Crippen LogP contribution in [0.5, 0.6) is 0 Å². The van der Waals surface area contributed by atoms with Crippen LogP contribution in [0.4, 0.5) is 0 Å². The fraction of sp³-hybridized carbons (Fsp3) is 0.531. The van der Waals surface area contributed by atoms with Crippen molar-refractivity contribution in [1.29, 1.82) is 0 Å². The van der Waals surface area contributed by atoms with Crippen LogP contribution in [0.3, 0.4) is 0 Å². The van der Waals surface area contributed by atoms with Crippen LogP contribution in [0.1, 0.15) is 112 Å². The molecule has 0 radical (unpaired) electrons. The summed E-state index contributed by atoms with van der Waals surface area (Å²) in [6.45, 7) is 7.07. The minimum absolute atomic E-state index is 0.327. The number of benzene rings is 3. The predicted molar refractivity (Wildman–Crippen MR) is 142 cm³/mol. The molecule has 0 amide bonds. The average molecular weight is 441 g/mol. The average Bonchev–Trinajstić information content (AvgIpc) is 3.47. The molecule has 2 aliphatic rings. The van der Waals surface area contributed by atoms with E-state index in [0.717, 1.165) is 24.3 Å². The second-order valence-electron chi connectivity index (χ2n) is 11.3. The molecular formula is C32H40O. The van der Waals surface area contributed by atoms with Gasteiger partial charge in [-0.3, -0.25) is 4.79 Å². The van der Waals surface area contributed by atoms with Gasteiger partial charge in [0.25, 0.3) is 0 Å². The summed E-state index contributed by atoms with van der Waals surface area (Å²) >= 11 is 0. The van der Waals surface area contributed by atoms with Gasteiger partial charge in [0.05, 0.1) is 0 Å². The number of Topliss-reactive ketones (excluding diaryl/α,β-unsaturated/α-hetero) is 1. The molecule has 33 heavy (non-hydrogen) atoms. The summed E-state index contributed by atoms with van der Waals surface area (Å²) in [6.07, 6.45) is 14.7. The molecule has 1 nitrogen and oxygen atoms in total.